The smallest absolute Gasteiger partial charge is 0.367 e. The maximum Gasteiger partial charge on any atom is 0.416 e. The molecule has 0 saturated heterocycles. The summed E-state index contributed by atoms with van der Waals surface area (Å²) in [5, 5.41) is 10.6. The molecule has 0 unspecified atom stereocenters. The van der Waals surface area contributed by atoms with E-state index < -0.39 is 11.7 Å². The first-order chi connectivity index (χ1) is 13.4. The lowest BCUT2D eigenvalue weighted by atomic mass is 9.94. The fraction of sp³-hybridized carbons (Fsp3) is 0.316. The summed E-state index contributed by atoms with van der Waals surface area (Å²) in [7, 11) is 0. The van der Waals surface area contributed by atoms with Crippen molar-refractivity contribution in [1.29, 1.82) is 0 Å². The van der Waals surface area contributed by atoms with Crippen LogP contribution in [-0.2, 0) is 11.0 Å². The summed E-state index contributed by atoms with van der Waals surface area (Å²) in [4.78, 5) is 16.0. The van der Waals surface area contributed by atoms with Gasteiger partial charge in [0.2, 0.25) is 5.95 Å². The number of fused-ring (bicyclic) bond motifs is 1. The van der Waals surface area contributed by atoms with Gasteiger partial charge in [-0.15, -0.1) is 5.10 Å². The zero-order valence-electron chi connectivity index (χ0n) is 14.8. The molecule has 28 heavy (non-hydrogen) atoms. The number of Topliss-reactive ketones (excluding diaryl/α,β-unsaturated/α-hetero) is 1. The van der Waals surface area contributed by atoms with E-state index in [1.165, 1.54) is 12.1 Å². The summed E-state index contributed by atoms with van der Waals surface area (Å²) >= 11 is 0. The minimum absolute atomic E-state index is 0.0578. The lowest BCUT2D eigenvalue weighted by molar-refractivity contribution is -0.137. The van der Waals surface area contributed by atoms with Crippen LogP contribution in [0.4, 0.5) is 30.6 Å². The van der Waals surface area contributed by atoms with Crippen molar-refractivity contribution in [3.63, 3.8) is 0 Å². The molecule has 1 aliphatic carbocycles. The number of nitrogens with one attached hydrogen (secondary N) is 2. The first-order valence-electron chi connectivity index (χ1n) is 8.97. The molecule has 1 aromatic carbocycles. The van der Waals surface area contributed by atoms with Gasteiger partial charge in [-0.3, -0.25) is 4.79 Å². The van der Waals surface area contributed by atoms with Crippen LogP contribution in [0.3, 0.4) is 0 Å². The standard InChI is InChI=1S/C19H18F3N5O/c20-19(21,22)12-7-9-13(10-8-12)24-18-25-17-6-2-5-16(27(17)26-18)23-14-3-1-4-15(28)11-14/h2,5-10,14,23H,1,3-4,11H2,(H,24,26)/t14-/m0/s1. The predicted molar refractivity (Wildman–Crippen MR) is 98.6 cm³/mol. The Morgan fingerprint density at radius 1 is 1.11 bits per heavy atom. The number of anilines is 3. The minimum Gasteiger partial charge on any atom is -0.367 e. The molecule has 6 nitrogen and oxygen atoms in total. The van der Waals surface area contributed by atoms with Crippen LogP contribution >= 0.6 is 0 Å². The number of rotatable bonds is 4. The highest BCUT2D eigenvalue weighted by molar-refractivity contribution is 5.80. The SMILES string of the molecule is O=C1CCC[C@H](Nc2cccc3nc(Nc4ccc(C(F)(F)F)cc4)nn23)C1. The van der Waals surface area contributed by atoms with Gasteiger partial charge in [0.25, 0.3) is 0 Å². The number of aromatic nitrogens is 3. The third-order valence-corrected chi connectivity index (χ3v) is 4.66. The van der Waals surface area contributed by atoms with E-state index in [4.69, 9.17) is 0 Å². The molecule has 3 aromatic rings. The number of alkyl halides is 3. The number of hydrogen-bond acceptors (Lipinski definition) is 5. The van der Waals surface area contributed by atoms with Gasteiger partial charge < -0.3 is 10.6 Å². The Labute approximate surface area is 158 Å². The van der Waals surface area contributed by atoms with Crippen LogP contribution in [0.15, 0.2) is 42.5 Å². The van der Waals surface area contributed by atoms with Crippen LogP contribution < -0.4 is 10.6 Å². The third kappa shape index (κ3) is 3.92. The van der Waals surface area contributed by atoms with Gasteiger partial charge in [-0.1, -0.05) is 6.07 Å². The van der Waals surface area contributed by atoms with Crippen LogP contribution in [-0.4, -0.2) is 26.4 Å². The normalized spacial score (nSPS) is 17.7. The molecular formula is C19H18F3N5O. The largest absolute Gasteiger partial charge is 0.416 e. The molecule has 146 valence electrons. The zero-order valence-corrected chi connectivity index (χ0v) is 14.8. The molecule has 2 heterocycles. The van der Waals surface area contributed by atoms with Crippen LogP contribution in [0.25, 0.3) is 5.65 Å². The number of halogens is 3. The Kier molecular flexibility index (Phi) is 4.66. The second kappa shape index (κ2) is 7.14. The molecule has 1 saturated carbocycles. The van der Waals surface area contributed by atoms with Gasteiger partial charge in [0, 0.05) is 24.6 Å². The second-order valence-electron chi connectivity index (χ2n) is 6.79. The highest BCUT2D eigenvalue weighted by Crippen LogP contribution is 2.30. The summed E-state index contributed by atoms with van der Waals surface area (Å²) in [6.45, 7) is 0. The Hall–Kier alpha value is -3.10. The molecule has 1 atom stereocenters. The van der Waals surface area contributed by atoms with Crippen molar-refractivity contribution in [3.8, 4) is 0 Å². The maximum absolute atomic E-state index is 12.7. The van der Waals surface area contributed by atoms with Crippen molar-refractivity contribution in [1.82, 2.24) is 14.6 Å². The van der Waals surface area contributed by atoms with Crippen molar-refractivity contribution >= 4 is 28.9 Å². The van der Waals surface area contributed by atoms with E-state index in [2.05, 4.69) is 20.7 Å². The van der Waals surface area contributed by atoms with E-state index >= 15 is 0 Å². The monoisotopic (exact) mass is 389 g/mol. The van der Waals surface area contributed by atoms with Gasteiger partial charge in [-0.25, -0.2) is 0 Å². The summed E-state index contributed by atoms with van der Waals surface area (Å²) < 4.78 is 39.6. The van der Waals surface area contributed by atoms with Gasteiger partial charge in [0.05, 0.1) is 5.56 Å². The molecule has 0 bridgehead atoms. The number of hydrogen-bond donors (Lipinski definition) is 2. The highest BCUT2D eigenvalue weighted by Gasteiger charge is 2.30. The van der Waals surface area contributed by atoms with Crippen LogP contribution in [0.2, 0.25) is 0 Å². The van der Waals surface area contributed by atoms with E-state index in [-0.39, 0.29) is 17.8 Å². The number of pyridine rings is 1. The van der Waals surface area contributed by atoms with Gasteiger partial charge in [-0.2, -0.15) is 22.7 Å². The van der Waals surface area contributed by atoms with Crippen LogP contribution in [0.1, 0.15) is 31.2 Å². The number of nitrogens with zero attached hydrogens (tertiary/aromatic N) is 3. The second-order valence-corrected chi connectivity index (χ2v) is 6.79. The average molecular weight is 389 g/mol. The number of benzene rings is 1. The molecule has 1 fully saturated rings. The highest BCUT2D eigenvalue weighted by atomic mass is 19.4. The number of carbonyl (C=O) groups is 1. The molecule has 4 rings (SSSR count). The quantitative estimate of drug-likeness (QED) is 0.691. The topological polar surface area (TPSA) is 71.3 Å². The summed E-state index contributed by atoms with van der Waals surface area (Å²) in [5.41, 5.74) is 0.326. The molecule has 0 amide bonds. The zero-order chi connectivity index (χ0) is 19.7. The molecule has 9 heteroatoms. The third-order valence-electron chi connectivity index (χ3n) is 4.66. The van der Waals surface area contributed by atoms with Gasteiger partial charge >= 0.3 is 6.18 Å². The minimum atomic E-state index is -4.37. The maximum atomic E-state index is 12.7. The fourth-order valence-corrected chi connectivity index (χ4v) is 3.30. The average Bonchev–Trinajstić information content (AvgIpc) is 3.05. The lowest BCUT2D eigenvalue weighted by Crippen LogP contribution is -2.28. The van der Waals surface area contributed by atoms with Gasteiger partial charge in [-0.05, 0) is 49.2 Å². The molecule has 0 aliphatic heterocycles. The summed E-state index contributed by atoms with van der Waals surface area (Å²) in [6.07, 6.45) is -1.48. The first-order valence-corrected chi connectivity index (χ1v) is 8.97. The van der Waals surface area contributed by atoms with E-state index in [1.807, 2.05) is 12.1 Å². The summed E-state index contributed by atoms with van der Waals surface area (Å²) in [6, 6.07) is 10.2. The van der Waals surface area contributed by atoms with Crippen molar-refractivity contribution in [2.75, 3.05) is 10.6 Å². The van der Waals surface area contributed by atoms with E-state index in [9.17, 15) is 18.0 Å². The fourth-order valence-electron chi connectivity index (χ4n) is 3.30. The van der Waals surface area contributed by atoms with Crippen LogP contribution in [0, 0.1) is 0 Å². The Bertz CT molecular complexity index is 997. The molecular weight excluding hydrogens is 371 g/mol. The molecule has 0 spiro atoms. The van der Waals surface area contributed by atoms with E-state index in [1.54, 1.807) is 10.6 Å². The van der Waals surface area contributed by atoms with E-state index in [0.29, 0.717) is 30.0 Å². The van der Waals surface area contributed by atoms with Gasteiger partial charge in [0.15, 0.2) is 5.65 Å². The summed E-state index contributed by atoms with van der Waals surface area (Å²) in [5.74, 6) is 1.23. The van der Waals surface area contributed by atoms with Crippen LogP contribution in [0.5, 0.6) is 0 Å². The Balaban J connectivity index is 1.54. The van der Waals surface area contributed by atoms with Crippen molar-refractivity contribution < 1.29 is 18.0 Å². The molecule has 1 aliphatic rings. The van der Waals surface area contributed by atoms with E-state index in [0.717, 1.165) is 25.0 Å². The van der Waals surface area contributed by atoms with Gasteiger partial charge in [0.1, 0.15) is 11.6 Å². The Morgan fingerprint density at radius 2 is 1.89 bits per heavy atom. The van der Waals surface area contributed by atoms with Crippen molar-refractivity contribution in [2.24, 2.45) is 0 Å². The number of ketones is 1. The first kappa shape index (κ1) is 18.3. The van der Waals surface area contributed by atoms with Crippen molar-refractivity contribution in [2.45, 2.75) is 37.9 Å². The van der Waals surface area contributed by atoms with Crippen molar-refractivity contribution in [3.05, 3.63) is 48.0 Å². The Morgan fingerprint density at radius 3 is 2.61 bits per heavy atom. The number of carbonyl (C=O) groups excluding carboxylic acids is 1. The lowest BCUT2D eigenvalue weighted by Gasteiger charge is -2.23. The molecule has 2 N–H and O–H groups in total. The molecule has 0 radical (unpaired) electrons. The molecule has 2 aromatic heterocycles. The predicted octanol–water partition coefficient (Wildman–Crippen LogP) is 4.42.